The van der Waals surface area contributed by atoms with Gasteiger partial charge in [0.25, 0.3) is 0 Å². The molecule has 17 heavy (non-hydrogen) atoms. The van der Waals surface area contributed by atoms with Crippen LogP contribution in [0.25, 0.3) is 0 Å². The third-order valence-corrected chi connectivity index (χ3v) is 3.60. The van der Waals surface area contributed by atoms with Crippen LogP contribution in [-0.2, 0) is 0 Å². The van der Waals surface area contributed by atoms with E-state index in [4.69, 9.17) is 0 Å². The summed E-state index contributed by atoms with van der Waals surface area (Å²) in [5, 5.41) is 10.0. The van der Waals surface area contributed by atoms with Crippen LogP contribution in [0.2, 0.25) is 0 Å². The van der Waals surface area contributed by atoms with E-state index in [1.807, 2.05) is 12.1 Å². The van der Waals surface area contributed by atoms with Gasteiger partial charge in [0, 0.05) is 10.7 Å². The number of hydrogen-bond donors (Lipinski definition) is 1. The van der Waals surface area contributed by atoms with Crippen LogP contribution in [0.1, 0.15) is 63.7 Å². The van der Waals surface area contributed by atoms with Crippen LogP contribution in [0.15, 0.2) is 22.8 Å². The smallest absolute Gasteiger partial charge is 0.0971 e. The molecule has 0 aliphatic carbocycles. The maximum absolute atomic E-state index is 10.0. The number of unbranched alkanes of at least 4 members (excludes halogenated alkanes) is 5. The molecular weight excluding hydrogens is 278 g/mol. The first-order valence-corrected chi connectivity index (χ1v) is 7.33. The number of halogens is 1. The molecule has 0 radical (unpaired) electrons. The van der Waals surface area contributed by atoms with E-state index in [0.29, 0.717) is 0 Å². The van der Waals surface area contributed by atoms with Gasteiger partial charge in [-0.25, -0.2) is 0 Å². The van der Waals surface area contributed by atoms with Crippen molar-refractivity contribution in [3.05, 3.63) is 28.5 Å². The Kier molecular flexibility index (Phi) is 7.45. The predicted molar refractivity (Wildman–Crippen MR) is 74.9 cm³/mol. The molecule has 0 saturated heterocycles. The molecule has 0 aromatic carbocycles. The average Bonchev–Trinajstić information content (AvgIpc) is 2.34. The normalized spacial score (nSPS) is 12.6. The summed E-state index contributed by atoms with van der Waals surface area (Å²) in [4.78, 5) is 4.21. The number of rotatable bonds is 8. The van der Waals surface area contributed by atoms with Gasteiger partial charge in [-0.3, -0.25) is 4.98 Å². The van der Waals surface area contributed by atoms with Gasteiger partial charge in [-0.1, -0.05) is 45.4 Å². The van der Waals surface area contributed by atoms with E-state index >= 15 is 0 Å². The summed E-state index contributed by atoms with van der Waals surface area (Å²) in [5.74, 6) is 0. The molecule has 0 aliphatic heterocycles. The minimum atomic E-state index is -0.434. The van der Waals surface area contributed by atoms with Gasteiger partial charge in [-0.2, -0.15) is 0 Å². The largest absolute Gasteiger partial charge is 0.387 e. The number of hydrogen-bond acceptors (Lipinski definition) is 2. The molecule has 0 saturated carbocycles. The summed E-state index contributed by atoms with van der Waals surface area (Å²) in [6.07, 6.45) is 9.60. The topological polar surface area (TPSA) is 33.1 Å². The molecule has 0 fully saturated rings. The number of aliphatic hydroxyl groups is 1. The van der Waals surface area contributed by atoms with Gasteiger partial charge < -0.3 is 5.11 Å². The van der Waals surface area contributed by atoms with Crippen molar-refractivity contribution in [3.63, 3.8) is 0 Å². The highest BCUT2D eigenvalue weighted by Crippen LogP contribution is 2.24. The highest BCUT2D eigenvalue weighted by atomic mass is 79.9. The zero-order chi connectivity index (χ0) is 12.5. The predicted octanol–water partition coefficient (Wildman–Crippen LogP) is 4.63. The Bertz CT molecular complexity index is 317. The van der Waals surface area contributed by atoms with E-state index in [1.165, 1.54) is 32.1 Å². The lowest BCUT2D eigenvalue weighted by molar-refractivity contribution is 0.158. The first-order chi connectivity index (χ1) is 8.25. The lowest BCUT2D eigenvalue weighted by Crippen LogP contribution is -2.01. The van der Waals surface area contributed by atoms with Gasteiger partial charge in [-0.05, 0) is 34.5 Å². The van der Waals surface area contributed by atoms with E-state index in [1.54, 1.807) is 6.20 Å². The van der Waals surface area contributed by atoms with Crippen LogP contribution in [0, 0.1) is 0 Å². The summed E-state index contributed by atoms with van der Waals surface area (Å²) in [5.41, 5.74) is 0.765. The van der Waals surface area contributed by atoms with Crippen molar-refractivity contribution < 1.29 is 5.11 Å². The molecule has 0 bridgehead atoms. The molecule has 96 valence electrons. The summed E-state index contributed by atoms with van der Waals surface area (Å²) < 4.78 is 0.901. The molecule has 1 aromatic rings. The molecule has 1 unspecified atom stereocenters. The van der Waals surface area contributed by atoms with E-state index in [2.05, 4.69) is 27.8 Å². The van der Waals surface area contributed by atoms with Crippen LogP contribution in [0.5, 0.6) is 0 Å². The van der Waals surface area contributed by atoms with Crippen molar-refractivity contribution >= 4 is 15.9 Å². The Hall–Kier alpha value is -0.410. The lowest BCUT2D eigenvalue weighted by atomic mass is 10.1. The number of nitrogens with zero attached hydrogens (tertiary/aromatic N) is 1. The Labute approximate surface area is 113 Å². The standard InChI is InChI=1S/C14H22BrNO/c1-2-3-4-5-6-7-10-13(17)14-12(15)9-8-11-16-14/h8-9,11,13,17H,2-7,10H2,1H3. The fourth-order valence-electron chi connectivity index (χ4n) is 1.90. The quantitative estimate of drug-likeness (QED) is 0.710. The first kappa shape index (κ1) is 14.7. The SMILES string of the molecule is CCCCCCCCC(O)c1ncccc1Br. The molecular formula is C14H22BrNO. The van der Waals surface area contributed by atoms with Gasteiger partial charge in [0.2, 0.25) is 0 Å². The average molecular weight is 300 g/mol. The van der Waals surface area contributed by atoms with Crippen LogP contribution >= 0.6 is 15.9 Å². The number of aromatic nitrogens is 1. The van der Waals surface area contributed by atoms with E-state index in [0.717, 1.165) is 23.0 Å². The van der Waals surface area contributed by atoms with E-state index in [-0.39, 0.29) is 0 Å². The molecule has 1 aromatic heterocycles. The fourth-order valence-corrected chi connectivity index (χ4v) is 2.42. The summed E-state index contributed by atoms with van der Waals surface area (Å²) in [6, 6.07) is 3.79. The maximum atomic E-state index is 10.0. The number of pyridine rings is 1. The van der Waals surface area contributed by atoms with Gasteiger partial charge in [0.15, 0.2) is 0 Å². The molecule has 1 heterocycles. The third kappa shape index (κ3) is 5.64. The Morgan fingerprint density at radius 3 is 2.65 bits per heavy atom. The monoisotopic (exact) mass is 299 g/mol. The van der Waals surface area contributed by atoms with Gasteiger partial charge in [-0.15, -0.1) is 0 Å². The number of aliphatic hydroxyl groups excluding tert-OH is 1. The minimum Gasteiger partial charge on any atom is -0.387 e. The van der Waals surface area contributed by atoms with Gasteiger partial charge in [0.05, 0.1) is 11.8 Å². The summed E-state index contributed by atoms with van der Waals surface area (Å²) in [7, 11) is 0. The van der Waals surface area contributed by atoms with Crippen molar-refractivity contribution in [2.75, 3.05) is 0 Å². The second kappa shape index (κ2) is 8.65. The molecule has 0 spiro atoms. The molecule has 2 nitrogen and oxygen atoms in total. The van der Waals surface area contributed by atoms with Gasteiger partial charge >= 0.3 is 0 Å². The third-order valence-electron chi connectivity index (χ3n) is 2.93. The van der Waals surface area contributed by atoms with Crippen molar-refractivity contribution in [1.82, 2.24) is 4.98 Å². The Morgan fingerprint density at radius 2 is 1.94 bits per heavy atom. The summed E-state index contributed by atoms with van der Waals surface area (Å²) in [6.45, 7) is 2.22. The van der Waals surface area contributed by atoms with E-state index < -0.39 is 6.10 Å². The minimum absolute atomic E-state index is 0.434. The highest BCUT2D eigenvalue weighted by molar-refractivity contribution is 9.10. The van der Waals surface area contributed by atoms with Crippen molar-refractivity contribution in [2.24, 2.45) is 0 Å². The van der Waals surface area contributed by atoms with Crippen LogP contribution in [0.3, 0.4) is 0 Å². The van der Waals surface area contributed by atoms with Crippen molar-refractivity contribution in [1.29, 1.82) is 0 Å². The fraction of sp³-hybridized carbons (Fsp3) is 0.643. The van der Waals surface area contributed by atoms with Crippen molar-refractivity contribution in [3.8, 4) is 0 Å². The molecule has 1 rings (SSSR count). The zero-order valence-electron chi connectivity index (χ0n) is 10.5. The molecule has 1 N–H and O–H groups in total. The van der Waals surface area contributed by atoms with Crippen LogP contribution < -0.4 is 0 Å². The Balaban J connectivity index is 2.21. The molecule has 0 amide bonds. The molecule has 1 atom stereocenters. The highest BCUT2D eigenvalue weighted by Gasteiger charge is 2.11. The first-order valence-electron chi connectivity index (χ1n) is 6.54. The second-order valence-electron chi connectivity index (χ2n) is 4.44. The molecule has 3 heteroatoms. The Morgan fingerprint density at radius 1 is 1.24 bits per heavy atom. The van der Waals surface area contributed by atoms with Gasteiger partial charge in [0.1, 0.15) is 0 Å². The maximum Gasteiger partial charge on any atom is 0.0971 e. The van der Waals surface area contributed by atoms with Crippen LogP contribution in [0.4, 0.5) is 0 Å². The van der Waals surface area contributed by atoms with Crippen LogP contribution in [-0.4, -0.2) is 10.1 Å². The van der Waals surface area contributed by atoms with E-state index in [9.17, 15) is 5.11 Å². The second-order valence-corrected chi connectivity index (χ2v) is 5.30. The van der Waals surface area contributed by atoms with Crippen molar-refractivity contribution in [2.45, 2.75) is 58.0 Å². The molecule has 0 aliphatic rings. The lowest BCUT2D eigenvalue weighted by Gasteiger charge is -2.11. The zero-order valence-corrected chi connectivity index (χ0v) is 12.1. The summed E-state index contributed by atoms with van der Waals surface area (Å²) >= 11 is 3.42.